The molecule has 2 aromatic carbocycles. The van der Waals surface area contributed by atoms with Crippen molar-refractivity contribution in [1.82, 2.24) is 0 Å². The topological polar surface area (TPSA) is 185 Å². The zero-order valence-corrected chi connectivity index (χ0v) is 19.5. The van der Waals surface area contributed by atoms with Crippen LogP contribution < -0.4 is 33.0 Å². The summed E-state index contributed by atoms with van der Waals surface area (Å²) in [6.45, 7) is 3.89. The van der Waals surface area contributed by atoms with Gasteiger partial charge >= 0.3 is 0 Å². The SMILES string of the molecule is CC1=NN(c2ccccc2)/C(=N\N=C(N)N)C1CC1C(C)=NN(c2ccccc2)/C1=N/N=C(N)N. The molecule has 0 spiro atoms. The van der Waals surface area contributed by atoms with E-state index in [1.807, 2.05) is 74.5 Å². The number of anilines is 2. The standard InChI is InChI=1S/C23H28N12/c1-14-18(20(28-30-22(24)25)34(32-14)16-9-5-3-6-10-16)13-19-15(2)33-35(17-11-7-4-8-12-17)21(19)29-31-23(26)27/h3-12,18-19H,13H2,1-2H3,(H4,24,25,30)(H4,26,27,31)/b28-20-,29-21+. The maximum Gasteiger partial charge on any atom is 0.211 e. The van der Waals surface area contributed by atoms with Gasteiger partial charge in [0.25, 0.3) is 0 Å². The normalized spacial score (nSPS) is 21.8. The molecule has 8 N–H and O–H groups in total. The number of hydrogen-bond donors (Lipinski definition) is 4. The van der Waals surface area contributed by atoms with Crippen LogP contribution in [-0.2, 0) is 0 Å². The van der Waals surface area contributed by atoms with Crippen LogP contribution in [0.15, 0.2) is 91.3 Å². The third-order valence-corrected chi connectivity index (χ3v) is 5.59. The lowest BCUT2D eigenvalue weighted by Gasteiger charge is -2.22. The van der Waals surface area contributed by atoms with Gasteiger partial charge in [0.2, 0.25) is 11.9 Å². The highest BCUT2D eigenvalue weighted by atomic mass is 15.5. The second-order valence-electron chi connectivity index (χ2n) is 8.08. The Morgan fingerprint density at radius 3 is 1.40 bits per heavy atom. The van der Waals surface area contributed by atoms with Crippen LogP contribution in [0.3, 0.4) is 0 Å². The molecule has 0 aromatic heterocycles. The van der Waals surface area contributed by atoms with E-state index in [0.29, 0.717) is 18.1 Å². The molecule has 0 radical (unpaired) electrons. The Hall–Kier alpha value is -4.74. The molecule has 180 valence electrons. The predicted octanol–water partition coefficient (Wildman–Crippen LogP) is 1.57. The van der Waals surface area contributed by atoms with Crippen molar-refractivity contribution in [3.8, 4) is 0 Å². The van der Waals surface area contributed by atoms with Crippen molar-refractivity contribution >= 4 is 46.4 Å². The molecule has 0 aliphatic carbocycles. The molecule has 2 aromatic rings. The van der Waals surface area contributed by atoms with Gasteiger partial charge in [-0.2, -0.15) is 10.2 Å². The summed E-state index contributed by atoms with van der Waals surface area (Å²) in [6, 6.07) is 19.3. The number of hydrazone groups is 2. The Kier molecular flexibility index (Phi) is 6.71. The van der Waals surface area contributed by atoms with E-state index in [1.54, 1.807) is 10.0 Å². The Labute approximate surface area is 203 Å². The van der Waals surface area contributed by atoms with E-state index < -0.39 is 0 Å². The summed E-state index contributed by atoms with van der Waals surface area (Å²) in [5.74, 6) is 0.473. The monoisotopic (exact) mass is 472 g/mol. The van der Waals surface area contributed by atoms with E-state index in [0.717, 1.165) is 22.8 Å². The molecule has 35 heavy (non-hydrogen) atoms. The summed E-state index contributed by atoms with van der Waals surface area (Å²) in [4.78, 5) is 0. The molecule has 2 aliphatic rings. The van der Waals surface area contributed by atoms with Crippen LogP contribution in [0.25, 0.3) is 0 Å². The largest absolute Gasteiger partial charge is 0.369 e. The maximum absolute atomic E-state index is 5.57. The van der Waals surface area contributed by atoms with Crippen LogP contribution in [0.5, 0.6) is 0 Å². The fourth-order valence-electron chi connectivity index (χ4n) is 3.97. The molecule has 0 amide bonds. The van der Waals surface area contributed by atoms with E-state index in [1.165, 1.54) is 0 Å². The highest BCUT2D eigenvalue weighted by molar-refractivity contribution is 6.21. The van der Waals surface area contributed by atoms with Crippen molar-refractivity contribution < 1.29 is 0 Å². The molecule has 2 aliphatic heterocycles. The second-order valence-corrected chi connectivity index (χ2v) is 8.08. The molecule has 2 atom stereocenters. The van der Waals surface area contributed by atoms with Crippen molar-refractivity contribution in [2.24, 2.45) is 65.4 Å². The van der Waals surface area contributed by atoms with E-state index in [-0.39, 0.29) is 23.8 Å². The summed E-state index contributed by atoms with van der Waals surface area (Å²) < 4.78 is 0. The third kappa shape index (κ3) is 5.11. The molecule has 2 heterocycles. The lowest BCUT2D eigenvalue weighted by molar-refractivity contribution is 0.728. The van der Waals surface area contributed by atoms with Crippen LogP contribution in [0.4, 0.5) is 11.4 Å². The lowest BCUT2D eigenvalue weighted by atomic mass is 9.88. The number of benzene rings is 2. The predicted molar refractivity (Wildman–Crippen MR) is 142 cm³/mol. The Morgan fingerprint density at radius 2 is 1.06 bits per heavy atom. The Bertz CT molecular complexity index is 1140. The number of nitrogens with two attached hydrogens (primary N) is 4. The summed E-state index contributed by atoms with van der Waals surface area (Å²) >= 11 is 0. The van der Waals surface area contributed by atoms with Gasteiger partial charge in [-0.3, -0.25) is 0 Å². The first-order valence-corrected chi connectivity index (χ1v) is 11.0. The molecule has 2 unspecified atom stereocenters. The summed E-state index contributed by atoms with van der Waals surface area (Å²) in [5.41, 5.74) is 25.7. The van der Waals surface area contributed by atoms with Gasteiger partial charge in [-0.1, -0.05) is 36.4 Å². The third-order valence-electron chi connectivity index (χ3n) is 5.59. The van der Waals surface area contributed by atoms with E-state index in [9.17, 15) is 0 Å². The van der Waals surface area contributed by atoms with Crippen LogP contribution in [0.2, 0.25) is 0 Å². The zero-order valence-electron chi connectivity index (χ0n) is 19.5. The number of nitrogens with zero attached hydrogens (tertiary/aromatic N) is 8. The number of guanidine groups is 2. The zero-order chi connectivity index (χ0) is 24.9. The van der Waals surface area contributed by atoms with Gasteiger partial charge in [0, 0.05) is 11.4 Å². The van der Waals surface area contributed by atoms with E-state index >= 15 is 0 Å². The van der Waals surface area contributed by atoms with Crippen LogP contribution >= 0.6 is 0 Å². The number of rotatable bonds is 6. The second kappa shape index (κ2) is 10.0. The van der Waals surface area contributed by atoms with E-state index in [4.69, 9.17) is 33.1 Å². The van der Waals surface area contributed by atoms with Crippen molar-refractivity contribution in [2.45, 2.75) is 20.3 Å². The fourth-order valence-corrected chi connectivity index (χ4v) is 3.97. The van der Waals surface area contributed by atoms with Gasteiger partial charge in [0.05, 0.1) is 23.2 Å². The highest BCUT2D eigenvalue weighted by Crippen LogP contribution is 2.33. The van der Waals surface area contributed by atoms with E-state index in [2.05, 4.69) is 20.4 Å². The fraction of sp³-hybridized carbons (Fsp3) is 0.217. The molecule has 0 saturated heterocycles. The molecule has 0 fully saturated rings. The molecule has 0 bridgehead atoms. The van der Waals surface area contributed by atoms with Gasteiger partial charge in [-0.25, -0.2) is 10.0 Å². The van der Waals surface area contributed by atoms with Crippen molar-refractivity contribution in [3.05, 3.63) is 60.7 Å². The number of hydrogen-bond acceptors (Lipinski definition) is 6. The Balaban J connectivity index is 1.72. The summed E-state index contributed by atoms with van der Waals surface area (Å²) in [7, 11) is 0. The molecule has 12 nitrogen and oxygen atoms in total. The average Bonchev–Trinajstić information content (AvgIpc) is 3.33. The number of amidine groups is 2. The first kappa shape index (κ1) is 23.4. The first-order chi connectivity index (χ1) is 16.8. The minimum absolute atomic E-state index is 0.141. The molecule has 0 saturated carbocycles. The van der Waals surface area contributed by atoms with Crippen molar-refractivity contribution in [1.29, 1.82) is 0 Å². The lowest BCUT2D eigenvalue weighted by Crippen LogP contribution is -2.34. The summed E-state index contributed by atoms with van der Waals surface area (Å²) in [6.07, 6.45) is 0.551. The highest BCUT2D eigenvalue weighted by Gasteiger charge is 2.40. The summed E-state index contributed by atoms with van der Waals surface area (Å²) in [5, 5.41) is 29.6. The van der Waals surface area contributed by atoms with Crippen LogP contribution in [-0.4, -0.2) is 35.0 Å². The minimum Gasteiger partial charge on any atom is -0.369 e. The number of para-hydroxylation sites is 2. The van der Waals surface area contributed by atoms with Gasteiger partial charge in [-0.15, -0.1) is 20.4 Å². The van der Waals surface area contributed by atoms with Gasteiger partial charge < -0.3 is 22.9 Å². The molecular weight excluding hydrogens is 444 g/mol. The quantitative estimate of drug-likeness (QED) is 0.281. The first-order valence-electron chi connectivity index (χ1n) is 11.0. The van der Waals surface area contributed by atoms with Gasteiger partial charge in [0.1, 0.15) is 0 Å². The van der Waals surface area contributed by atoms with Gasteiger partial charge in [-0.05, 0) is 44.5 Å². The average molecular weight is 473 g/mol. The molecular formula is C23H28N12. The minimum atomic E-state index is -0.214. The van der Waals surface area contributed by atoms with Crippen molar-refractivity contribution in [2.75, 3.05) is 10.0 Å². The Morgan fingerprint density at radius 1 is 0.686 bits per heavy atom. The van der Waals surface area contributed by atoms with Crippen molar-refractivity contribution in [3.63, 3.8) is 0 Å². The smallest absolute Gasteiger partial charge is 0.211 e. The van der Waals surface area contributed by atoms with Crippen LogP contribution in [0.1, 0.15) is 20.3 Å². The van der Waals surface area contributed by atoms with Crippen LogP contribution in [0, 0.1) is 11.8 Å². The molecule has 12 heteroatoms. The van der Waals surface area contributed by atoms with Gasteiger partial charge in [0.15, 0.2) is 11.7 Å². The maximum atomic E-state index is 5.57. The molecule has 4 rings (SSSR count).